The predicted octanol–water partition coefficient (Wildman–Crippen LogP) is 2.56. The van der Waals surface area contributed by atoms with Gasteiger partial charge in [-0.15, -0.1) is 5.10 Å². The predicted molar refractivity (Wildman–Crippen MR) is 94.4 cm³/mol. The number of tetrazole rings is 1. The molecule has 0 fully saturated rings. The van der Waals surface area contributed by atoms with Gasteiger partial charge in [-0.3, -0.25) is 4.79 Å². The van der Waals surface area contributed by atoms with Gasteiger partial charge < -0.3 is 9.64 Å². The van der Waals surface area contributed by atoms with E-state index in [9.17, 15) is 4.79 Å². The molecule has 0 saturated heterocycles. The van der Waals surface area contributed by atoms with E-state index in [4.69, 9.17) is 4.74 Å². The number of aryl methyl sites for hydroxylation is 2. The van der Waals surface area contributed by atoms with E-state index in [0.717, 1.165) is 16.8 Å². The molecule has 2 aromatic carbocycles. The summed E-state index contributed by atoms with van der Waals surface area (Å²) in [5.74, 6) is 0.458. The van der Waals surface area contributed by atoms with Crippen LogP contribution in [0.3, 0.4) is 0 Å². The van der Waals surface area contributed by atoms with Gasteiger partial charge in [0.25, 0.3) is 5.91 Å². The lowest BCUT2D eigenvalue weighted by Gasteiger charge is -2.19. The molecule has 0 unspecified atom stereocenters. The highest BCUT2D eigenvalue weighted by atomic mass is 16.5. The van der Waals surface area contributed by atoms with Gasteiger partial charge in [0.15, 0.2) is 0 Å². The molecule has 0 radical (unpaired) electrons. The number of rotatable bonds is 4. The van der Waals surface area contributed by atoms with Crippen LogP contribution in [0.15, 0.2) is 42.7 Å². The van der Waals surface area contributed by atoms with Gasteiger partial charge in [-0.2, -0.15) is 4.68 Å². The maximum absolute atomic E-state index is 12.9. The van der Waals surface area contributed by atoms with Gasteiger partial charge in [-0.05, 0) is 65.7 Å². The summed E-state index contributed by atoms with van der Waals surface area (Å²) in [7, 11) is 3.32. The second-order valence-corrected chi connectivity index (χ2v) is 5.85. The Morgan fingerprint density at radius 2 is 1.84 bits per heavy atom. The van der Waals surface area contributed by atoms with Crippen LogP contribution in [0.25, 0.3) is 5.69 Å². The Morgan fingerprint density at radius 3 is 2.44 bits per heavy atom. The number of carbonyl (C=O) groups is 1. The fourth-order valence-electron chi connectivity index (χ4n) is 2.73. The van der Waals surface area contributed by atoms with Crippen molar-refractivity contribution >= 4 is 11.6 Å². The monoisotopic (exact) mass is 337 g/mol. The number of hydrogen-bond acceptors (Lipinski definition) is 5. The Hall–Kier alpha value is -3.22. The fraction of sp³-hybridized carbons (Fsp3) is 0.222. The summed E-state index contributed by atoms with van der Waals surface area (Å²) < 4.78 is 6.80. The molecule has 1 heterocycles. The summed E-state index contributed by atoms with van der Waals surface area (Å²) in [6.45, 7) is 4.02. The van der Waals surface area contributed by atoms with Crippen LogP contribution in [0, 0.1) is 13.8 Å². The quantitative estimate of drug-likeness (QED) is 0.731. The van der Waals surface area contributed by atoms with E-state index in [1.54, 1.807) is 37.3 Å². The molecule has 3 rings (SSSR count). The van der Waals surface area contributed by atoms with Gasteiger partial charge in [0, 0.05) is 18.3 Å². The Balaban J connectivity index is 1.98. The number of ether oxygens (including phenoxy) is 1. The Morgan fingerprint density at radius 1 is 1.12 bits per heavy atom. The molecule has 0 aliphatic rings. The van der Waals surface area contributed by atoms with Gasteiger partial charge >= 0.3 is 0 Å². The number of benzene rings is 2. The van der Waals surface area contributed by atoms with Crippen LogP contribution in [0.2, 0.25) is 0 Å². The highest BCUT2D eigenvalue weighted by molar-refractivity contribution is 6.06. The summed E-state index contributed by atoms with van der Waals surface area (Å²) in [5, 5.41) is 11.1. The fourth-order valence-corrected chi connectivity index (χ4v) is 2.73. The third-order valence-corrected chi connectivity index (χ3v) is 3.92. The van der Waals surface area contributed by atoms with Gasteiger partial charge in [0.05, 0.1) is 7.11 Å². The first kappa shape index (κ1) is 16.6. The minimum Gasteiger partial charge on any atom is -0.494 e. The van der Waals surface area contributed by atoms with Crippen molar-refractivity contribution in [2.24, 2.45) is 0 Å². The van der Waals surface area contributed by atoms with Crippen LogP contribution in [0.4, 0.5) is 5.69 Å². The van der Waals surface area contributed by atoms with Crippen molar-refractivity contribution in [1.29, 1.82) is 0 Å². The molecular weight excluding hydrogens is 318 g/mol. The molecule has 25 heavy (non-hydrogen) atoms. The van der Waals surface area contributed by atoms with Crippen LogP contribution in [0.1, 0.15) is 21.5 Å². The van der Waals surface area contributed by atoms with Crippen LogP contribution < -0.4 is 9.64 Å². The lowest BCUT2D eigenvalue weighted by Crippen LogP contribution is -2.26. The minimum atomic E-state index is -0.123. The van der Waals surface area contributed by atoms with Crippen molar-refractivity contribution < 1.29 is 9.53 Å². The van der Waals surface area contributed by atoms with Crippen molar-refractivity contribution in [1.82, 2.24) is 20.2 Å². The maximum Gasteiger partial charge on any atom is 0.258 e. The summed E-state index contributed by atoms with van der Waals surface area (Å²) in [5.41, 5.74) is 4.19. The van der Waals surface area contributed by atoms with E-state index in [-0.39, 0.29) is 5.91 Å². The van der Waals surface area contributed by atoms with Crippen molar-refractivity contribution in [3.8, 4) is 11.4 Å². The molecule has 0 spiro atoms. The van der Waals surface area contributed by atoms with E-state index in [1.807, 2.05) is 26.0 Å². The number of carbonyl (C=O) groups excluding carboxylic acids is 1. The van der Waals surface area contributed by atoms with Gasteiger partial charge in [0.1, 0.15) is 17.8 Å². The summed E-state index contributed by atoms with van der Waals surface area (Å²) in [6, 6.07) is 11.2. The summed E-state index contributed by atoms with van der Waals surface area (Å²) in [6.07, 6.45) is 1.46. The van der Waals surface area contributed by atoms with Gasteiger partial charge in [-0.25, -0.2) is 0 Å². The molecular formula is C18H19N5O2. The van der Waals surface area contributed by atoms with E-state index >= 15 is 0 Å². The lowest BCUT2D eigenvalue weighted by molar-refractivity contribution is 0.0993. The highest BCUT2D eigenvalue weighted by Crippen LogP contribution is 2.25. The van der Waals surface area contributed by atoms with Crippen molar-refractivity contribution in [2.45, 2.75) is 13.8 Å². The first-order valence-electron chi connectivity index (χ1n) is 7.77. The third-order valence-electron chi connectivity index (χ3n) is 3.92. The third kappa shape index (κ3) is 3.35. The van der Waals surface area contributed by atoms with Crippen molar-refractivity contribution in [3.05, 3.63) is 59.4 Å². The SMILES string of the molecule is COc1ccc(C(=O)N(C)c2cc(C)cc(C)c2)cc1-n1cnnn1. The molecule has 1 amide bonds. The van der Waals surface area contributed by atoms with E-state index < -0.39 is 0 Å². The Bertz CT molecular complexity index is 886. The number of anilines is 1. The molecule has 0 aliphatic carbocycles. The molecule has 0 atom stereocenters. The molecule has 0 bridgehead atoms. The largest absolute Gasteiger partial charge is 0.494 e. The number of hydrogen-bond donors (Lipinski definition) is 0. The topological polar surface area (TPSA) is 73.1 Å². The van der Waals surface area contributed by atoms with Crippen LogP contribution in [-0.2, 0) is 0 Å². The summed E-state index contributed by atoms with van der Waals surface area (Å²) in [4.78, 5) is 14.5. The molecule has 3 aromatic rings. The number of methoxy groups -OCH3 is 1. The van der Waals surface area contributed by atoms with Crippen molar-refractivity contribution in [2.75, 3.05) is 19.1 Å². The second-order valence-electron chi connectivity index (χ2n) is 5.85. The zero-order valence-electron chi connectivity index (χ0n) is 14.6. The van der Waals surface area contributed by atoms with Crippen LogP contribution in [-0.4, -0.2) is 40.3 Å². The smallest absolute Gasteiger partial charge is 0.258 e. The molecule has 1 aromatic heterocycles. The minimum absolute atomic E-state index is 0.123. The number of aromatic nitrogens is 4. The highest BCUT2D eigenvalue weighted by Gasteiger charge is 2.17. The normalized spacial score (nSPS) is 10.6. The van der Waals surface area contributed by atoms with Gasteiger partial charge in [-0.1, -0.05) is 6.07 Å². The number of amides is 1. The molecule has 0 aliphatic heterocycles. The zero-order chi connectivity index (χ0) is 18.0. The zero-order valence-corrected chi connectivity index (χ0v) is 14.6. The van der Waals surface area contributed by atoms with E-state index in [1.165, 1.54) is 11.0 Å². The first-order chi connectivity index (χ1) is 12.0. The lowest BCUT2D eigenvalue weighted by atomic mass is 10.1. The van der Waals surface area contributed by atoms with E-state index in [2.05, 4.69) is 21.6 Å². The molecule has 128 valence electrons. The Kier molecular flexibility index (Phi) is 4.47. The van der Waals surface area contributed by atoms with Gasteiger partial charge in [0.2, 0.25) is 0 Å². The molecule has 0 saturated carbocycles. The van der Waals surface area contributed by atoms with Crippen LogP contribution >= 0.6 is 0 Å². The Labute approximate surface area is 145 Å². The summed E-state index contributed by atoms with van der Waals surface area (Å²) >= 11 is 0. The molecule has 7 nitrogen and oxygen atoms in total. The molecule has 0 N–H and O–H groups in total. The standard InChI is InChI=1S/C18H19N5O2/c1-12-7-13(2)9-15(8-12)22(3)18(24)14-5-6-17(25-4)16(10-14)23-11-19-20-21-23/h5-11H,1-4H3. The second kappa shape index (κ2) is 6.72. The van der Waals surface area contributed by atoms with Crippen LogP contribution in [0.5, 0.6) is 5.75 Å². The number of nitrogens with zero attached hydrogens (tertiary/aromatic N) is 5. The van der Waals surface area contributed by atoms with E-state index in [0.29, 0.717) is 17.0 Å². The molecule has 7 heteroatoms. The maximum atomic E-state index is 12.9. The average molecular weight is 337 g/mol. The van der Waals surface area contributed by atoms with Crippen molar-refractivity contribution in [3.63, 3.8) is 0 Å². The average Bonchev–Trinajstić information content (AvgIpc) is 3.13. The first-order valence-corrected chi connectivity index (χ1v) is 7.77.